The molecule has 0 aliphatic heterocycles. The fourth-order valence-corrected chi connectivity index (χ4v) is 5.23. The zero-order valence-electron chi connectivity index (χ0n) is 18.6. The van der Waals surface area contributed by atoms with Gasteiger partial charge in [-0.2, -0.15) is 9.13 Å². The number of nitrogens with zero attached hydrogens (tertiary/aromatic N) is 2. The fourth-order valence-electron chi connectivity index (χ4n) is 5.23. The van der Waals surface area contributed by atoms with E-state index in [-0.39, 0.29) is 5.41 Å². The molecule has 0 N–H and O–H groups in total. The highest BCUT2D eigenvalue weighted by Crippen LogP contribution is 2.38. The molecule has 0 unspecified atom stereocenters. The second-order valence-electron chi connectivity index (χ2n) is 8.61. The van der Waals surface area contributed by atoms with E-state index in [0.29, 0.717) is 0 Å². The lowest BCUT2D eigenvalue weighted by atomic mass is 9.73. The van der Waals surface area contributed by atoms with Crippen LogP contribution in [0.2, 0.25) is 0 Å². The summed E-state index contributed by atoms with van der Waals surface area (Å²) >= 11 is 0. The first-order valence-corrected chi connectivity index (χ1v) is 10.8. The van der Waals surface area contributed by atoms with Crippen LogP contribution >= 0.6 is 0 Å². The lowest BCUT2D eigenvalue weighted by Gasteiger charge is -2.27. The molecular weight excluding hydrogens is 376 g/mol. The number of hydrogen-bond acceptors (Lipinski definition) is 0. The molecule has 0 saturated heterocycles. The summed E-state index contributed by atoms with van der Waals surface area (Å²) < 4.78 is 4.72. The zero-order valence-corrected chi connectivity index (χ0v) is 18.6. The summed E-state index contributed by atoms with van der Waals surface area (Å²) in [5, 5.41) is 2.51. The molecule has 0 saturated carbocycles. The highest BCUT2D eigenvalue weighted by Gasteiger charge is 2.45. The van der Waals surface area contributed by atoms with E-state index in [1.807, 2.05) is 0 Å². The van der Waals surface area contributed by atoms with Gasteiger partial charge in [-0.05, 0) is 49.2 Å². The summed E-state index contributed by atoms with van der Waals surface area (Å²) in [5.41, 5.74) is 7.31. The van der Waals surface area contributed by atoms with Gasteiger partial charge in [-0.15, -0.1) is 0 Å². The molecule has 0 fully saturated rings. The van der Waals surface area contributed by atoms with Crippen LogP contribution in [0.15, 0.2) is 97.1 Å². The Morgan fingerprint density at radius 2 is 1.00 bits per heavy atom. The fraction of sp³-hybridized carbons (Fsp3) is 0.172. The minimum Gasteiger partial charge on any atom is -0.197 e. The topological polar surface area (TPSA) is 7.76 Å². The van der Waals surface area contributed by atoms with Gasteiger partial charge in [0.05, 0.1) is 0 Å². The molecule has 3 aromatic carbocycles. The van der Waals surface area contributed by atoms with Crippen molar-refractivity contribution in [3.8, 4) is 0 Å². The molecule has 0 spiro atoms. The number of rotatable bonds is 3. The van der Waals surface area contributed by atoms with Gasteiger partial charge in [0.25, 0.3) is 0 Å². The summed E-state index contributed by atoms with van der Waals surface area (Å²) in [7, 11) is 4.38. The normalized spacial score (nSPS) is 11.9. The first kappa shape index (κ1) is 19.4. The van der Waals surface area contributed by atoms with Crippen LogP contribution in [-0.2, 0) is 19.5 Å². The van der Waals surface area contributed by atoms with E-state index < -0.39 is 0 Å². The molecule has 5 rings (SSSR count). The second kappa shape index (κ2) is 7.31. The molecule has 0 radical (unpaired) electrons. The van der Waals surface area contributed by atoms with E-state index in [9.17, 15) is 0 Å². The van der Waals surface area contributed by atoms with Crippen LogP contribution in [0, 0.1) is 6.92 Å². The third kappa shape index (κ3) is 2.94. The molecule has 2 aromatic heterocycles. The summed E-state index contributed by atoms with van der Waals surface area (Å²) in [6.07, 6.45) is 0. The number of hydrogen-bond donors (Lipinski definition) is 0. The number of para-hydroxylation sites is 2. The molecule has 0 aliphatic carbocycles. The van der Waals surface area contributed by atoms with Crippen LogP contribution in [0.25, 0.3) is 21.8 Å². The summed E-state index contributed by atoms with van der Waals surface area (Å²) in [6.45, 7) is 4.58. The van der Waals surface area contributed by atoms with Crippen LogP contribution in [-0.4, -0.2) is 0 Å². The first-order valence-electron chi connectivity index (χ1n) is 10.8. The highest BCUT2D eigenvalue weighted by molar-refractivity contribution is 5.76. The van der Waals surface area contributed by atoms with E-state index in [2.05, 4.69) is 134 Å². The maximum absolute atomic E-state index is 2.36. The van der Waals surface area contributed by atoms with Gasteiger partial charge in [-0.3, -0.25) is 0 Å². The molecule has 2 heterocycles. The minimum atomic E-state index is -0.330. The van der Waals surface area contributed by atoms with Crippen molar-refractivity contribution < 1.29 is 9.13 Å². The van der Waals surface area contributed by atoms with Crippen molar-refractivity contribution in [3.63, 3.8) is 0 Å². The Balaban J connectivity index is 1.90. The predicted molar refractivity (Wildman–Crippen MR) is 127 cm³/mol. The Bertz CT molecular complexity index is 1350. The quantitative estimate of drug-likeness (QED) is 0.360. The molecule has 31 heavy (non-hydrogen) atoms. The number of pyridine rings is 2. The van der Waals surface area contributed by atoms with Crippen molar-refractivity contribution in [3.05, 3.63) is 120 Å². The van der Waals surface area contributed by atoms with Gasteiger partial charge in [-0.25, -0.2) is 0 Å². The molecule has 2 heteroatoms. The Hall–Kier alpha value is -3.52. The van der Waals surface area contributed by atoms with Gasteiger partial charge in [0.1, 0.15) is 14.1 Å². The van der Waals surface area contributed by atoms with Crippen LogP contribution in [0.1, 0.15) is 29.4 Å². The SMILES string of the molecule is Cc1ccccc1C(C)(c1ccc2ccccc2[n+]1C)c1ccc2ccccc2[n+]1C. The average Bonchev–Trinajstić information content (AvgIpc) is 2.80. The smallest absolute Gasteiger partial charge is 0.197 e. The van der Waals surface area contributed by atoms with Crippen LogP contribution in [0.3, 0.4) is 0 Å². The van der Waals surface area contributed by atoms with Gasteiger partial charge < -0.3 is 0 Å². The summed E-state index contributed by atoms with van der Waals surface area (Å²) in [5.74, 6) is 0. The molecular formula is C29H28N2+2. The number of fused-ring (bicyclic) bond motifs is 2. The monoisotopic (exact) mass is 404 g/mol. The van der Waals surface area contributed by atoms with Gasteiger partial charge in [-0.1, -0.05) is 48.5 Å². The van der Waals surface area contributed by atoms with Gasteiger partial charge in [0, 0.05) is 35.0 Å². The third-order valence-electron chi connectivity index (χ3n) is 6.87. The van der Waals surface area contributed by atoms with E-state index in [1.54, 1.807) is 0 Å². The van der Waals surface area contributed by atoms with E-state index >= 15 is 0 Å². The van der Waals surface area contributed by atoms with Gasteiger partial charge >= 0.3 is 0 Å². The number of benzene rings is 3. The first-order chi connectivity index (χ1) is 15.0. The minimum absolute atomic E-state index is 0.330. The largest absolute Gasteiger partial charge is 0.212 e. The van der Waals surface area contributed by atoms with E-state index in [0.717, 1.165) is 0 Å². The highest BCUT2D eigenvalue weighted by atomic mass is 15.0. The maximum atomic E-state index is 2.36. The summed E-state index contributed by atoms with van der Waals surface area (Å²) in [6, 6.07) is 35.1. The molecule has 0 atom stereocenters. The number of aromatic nitrogens is 2. The maximum Gasteiger partial charge on any atom is 0.212 e. The Morgan fingerprint density at radius 1 is 0.548 bits per heavy atom. The third-order valence-corrected chi connectivity index (χ3v) is 6.87. The van der Waals surface area contributed by atoms with Gasteiger partial charge in [0.2, 0.25) is 22.4 Å². The second-order valence-corrected chi connectivity index (χ2v) is 8.61. The van der Waals surface area contributed by atoms with Crippen molar-refractivity contribution in [2.75, 3.05) is 0 Å². The molecule has 152 valence electrons. The summed E-state index contributed by atoms with van der Waals surface area (Å²) in [4.78, 5) is 0. The number of aryl methyl sites for hydroxylation is 3. The molecule has 5 aromatic rings. The van der Waals surface area contributed by atoms with Crippen molar-refractivity contribution in [2.45, 2.75) is 19.3 Å². The Kier molecular flexibility index (Phi) is 4.59. The van der Waals surface area contributed by atoms with Crippen LogP contribution < -0.4 is 9.13 Å². The molecule has 0 bridgehead atoms. The van der Waals surface area contributed by atoms with Gasteiger partial charge in [0.15, 0.2) is 5.41 Å². The predicted octanol–water partition coefficient (Wildman–Crippen LogP) is 5.30. The Labute approximate surface area is 184 Å². The van der Waals surface area contributed by atoms with Crippen LogP contribution in [0.4, 0.5) is 0 Å². The van der Waals surface area contributed by atoms with Crippen molar-refractivity contribution in [2.24, 2.45) is 14.1 Å². The van der Waals surface area contributed by atoms with E-state index in [4.69, 9.17) is 0 Å². The zero-order chi connectivity index (χ0) is 21.6. The van der Waals surface area contributed by atoms with Crippen molar-refractivity contribution >= 4 is 21.8 Å². The molecule has 0 aliphatic rings. The van der Waals surface area contributed by atoms with Crippen LogP contribution in [0.5, 0.6) is 0 Å². The lowest BCUT2D eigenvalue weighted by molar-refractivity contribution is -0.671. The molecule has 2 nitrogen and oxygen atoms in total. The standard InChI is InChI=1S/C29H28N2/c1-21-11-5-8-14-24(21)29(2,27-19-17-22-12-6-9-15-25(22)30(27)3)28-20-18-23-13-7-10-16-26(23)31(28)4/h5-20H,1-4H3/q+2. The van der Waals surface area contributed by atoms with Crippen molar-refractivity contribution in [1.29, 1.82) is 0 Å². The van der Waals surface area contributed by atoms with Crippen molar-refractivity contribution in [1.82, 2.24) is 0 Å². The average molecular weight is 405 g/mol. The lowest BCUT2D eigenvalue weighted by Crippen LogP contribution is -2.50. The Morgan fingerprint density at radius 3 is 1.52 bits per heavy atom. The van der Waals surface area contributed by atoms with E-state index in [1.165, 1.54) is 44.3 Å². The molecule has 0 amide bonds.